The first-order chi connectivity index (χ1) is 16.6. The number of carbonyl (C=O) groups is 3. The maximum absolute atomic E-state index is 13.9. The number of rotatable bonds is 7. The molecule has 1 aromatic rings. The van der Waals surface area contributed by atoms with E-state index in [1.54, 1.807) is 32.9 Å². The predicted molar refractivity (Wildman–Crippen MR) is 127 cm³/mol. The minimum absolute atomic E-state index is 0.259. The van der Waals surface area contributed by atoms with Gasteiger partial charge in [-0.15, -0.1) is 0 Å². The maximum atomic E-state index is 13.9. The summed E-state index contributed by atoms with van der Waals surface area (Å²) >= 11 is 0. The number of carbonyl (C=O) groups excluding carboxylic acids is 3. The van der Waals surface area contributed by atoms with Gasteiger partial charge in [-0.3, -0.25) is 9.59 Å². The summed E-state index contributed by atoms with van der Waals surface area (Å²) in [5.41, 5.74) is 2.30. The Morgan fingerprint density at radius 1 is 1.00 bits per heavy atom. The molecule has 190 valence electrons. The van der Waals surface area contributed by atoms with E-state index in [1.807, 2.05) is 6.92 Å². The van der Waals surface area contributed by atoms with Crippen LogP contribution in [0.4, 0.5) is 0 Å². The Hall–Kier alpha value is -3.49. The van der Waals surface area contributed by atoms with Crippen LogP contribution in [-0.4, -0.2) is 52.3 Å². The molecule has 1 heterocycles. The Balaban J connectivity index is 2.32. The van der Waals surface area contributed by atoms with Crippen LogP contribution in [0.25, 0.3) is 0 Å². The molecular formula is C26H33NO8. The van der Waals surface area contributed by atoms with Gasteiger partial charge in [0.05, 0.1) is 46.0 Å². The second-order valence-electron chi connectivity index (χ2n) is 8.94. The normalized spacial score (nSPS) is 21.9. The Bertz CT molecular complexity index is 1100. The Morgan fingerprint density at radius 2 is 1.60 bits per heavy atom. The lowest BCUT2D eigenvalue weighted by Crippen LogP contribution is -2.43. The van der Waals surface area contributed by atoms with E-state index in [9.17, 15) is 14.4 Å². The molecule has 2 aliphatic rings. The SMILES string of the molecule is COC(=O)[C@@H]1C(=O)C2=C(C[C@@H]1C)NC(C)=C(C(=O)OC(C)C)[C@H]2c1cc(OC)c(OC)cc1OC. The van der Waals surface area contributed by atoms with Gasteiger partial charge in [-0.05, 0) is 39.2 Å². The third-order valence-electron chi connectivity index (χ3n) is 6.35. The first-order valence-corrected chi connectivity index (χ1v) is 11.4. The van der Waals surface area contributed by atoms with Crippen molar-refractivity contribution in [1.82, 2.24) is 5.32 Å². The predicted octanol–water partition coefficient (Wildman–Crippen LogP) is 3.28. The number of hydrogen-bond donors (Lipinski definition) is 1. The zero-order valence-electron chi connectivity index (χ0n) is 21.4. The molecule has 0 radical (unpaired) electrons. The van der Waals surface area contributed by atoms with Crippen LogP contribution in [0.3, 0.4) is 0 Å². The monoisotopic (exact) mass is 487 g/mol. The number of dihydropyridines is 1. The smallest absolute Gasteiger partial charge is 0.337 e. The van der Waals surface area contributed by atoms with Gasteiger partial charge in [-0.1, -0.05) is 6.92 Å². The van der Waals surface area contributed by atoms with Crippen molar-refractivity contribution >= 4 is 17.7 Å². The van der Waals surface area contributed by atoms with E-state index in [-0.39, 0.29) is 17.6 Å². The van der Waals surface area contributed by atoms with Crippen molar-refractivity contribution in [3.8, 4) is 17.2 Å². The highest BCUT2D eigenvalue weighted by atomic mass is 16.5. The van der Waals surface area contributed by atoms with Crippen LogP contribution in [0.1, 0.15) is 45.6 Å². The summed E-state index contributed by atoms with van der Waals surface area (Å²) in [5.74, 6) is -2.49. The zero-order chi connectivity index (χ0) is 26.0. The molecule has 1 N–H and O–H groups in total. The van der Waals surface area contributed by atoms with Crippen molar-refractivity contribution in [2.24, 2.45) is 11.8 Å². The summed E-state index contributed by atoms with van der Waals surface area (Å²) in [7, 11) is 5.75. The van der Waals surface area contributed by atoms with Crippen LogP contribution >= 0.6 is 0 Å². The van der Waals surface area contributed by atoms with E-state index >= 15 is 0 Å². The first-order valence-electron chi connectivity index (χ1n) is 11.4. The minimum atomic E-state index is -0.991. The molecule has 0 amide bonds. The molecule has 3 atom stereocenters. The molecule has 0 saturated carbocycles. The van der Waals surface area contributed by atoms with E-state index in [2.05, 4.69) is 5.32 Å². The zero-order valence-corrected chi connectivity index (χ0v) is 21.4. The molecule has 1 aliphatic carbocycles. The molecule has 1 aromatic carbocycles. The summed E-state index contributed by atoms with van der Waals surface area (Å²) in [6.07, 6.45) is 0.0487. The van der Waals surface area contributed by atoms with Gasteiger partial charge >= 0.3 is 11.9 Å². The van der Waals surface area contributed by atoms with Gasteiger partial charge in [0.15, 0.2) is 17.3 Å². The highest BCUT2D eigenvalue weighted by Gasteiger charge is 2.48. The molecule has 0 spiro atoms. The highest BCUT2D eigenvalue weighted by molar-refractivity contribution is 6.12. The van der Waals surface area contributed by atoms with Gasteiger partial charge in [0.2, 0.25) is 0 Å². The second-order valence-corrected chi connectivity index (χ2v) is 8.94. The fourth-order valence-electron chi connectivity index (χ4n) is 4.82. The molecule has 0 saturated heterocycles. The van der Waals surface area contributed by atoms with Gasteiger partial charge in [-0.25, -0.2) is 4.79 Å². The largest absolute Gasteiger partial charge is 0.496 e. The van der Waals surface area contributed by atoms with Crippen LogP contribution in [0.15, 0.2) is 34.7 Å². The standard InChI is InChI=1S/C26H33NO8/c1-12(2)35-26(30)21-14(4)27-16-9-13(3)20(25(29)34-8)24(28)23(16)22(21)15-10-18(32-6)19(33-7)11-17(15)31-5/h10-13,20,22,27H,9H2,1-8H3/t13-,20-,22+/m0/s1. The lowest BCUT2D eigenvalue weighted by molar-refractivity contribution is -0.151. The quantitative estimate of drug-likeness (QED) is 0.458. The maximum Gasteiger partial charge on any atom is 0.337 e. The van der Waals surface area contributed by atoms with E-state index in [0.717, 1.165) is 0 Å². The summed E-state index contributed by atoms with van der Waals surface area (Å²) in [5, 5.41) is 3.24. The minimum Gasteiger partial charge on any atom is -0.496 e. The van der Waals surface area contributed by atoms with Crippen molar-refractivity contribution < 1.29 is 38.1 Å². The number of allylic oxidation sites excluding steroid dienone is 3. The van der Waals surface area contributed by atoms with Gasteiger partial charge < -0.3 is 29.0 Å². The van der Waals surface area contributed by atoms with Crippen molar-refractivity contribution in [3.05, 3.63) is 40.2 Å². The Morgan fingerprint density at radius 3 is 2.14 bits per heavy atom. The van der Waals surface area contributed by atoms with Gasteiger partial charge in [0, 0.05) is 28.6 Å². The summed E-state index contributed by atoms with van der Waals surface area (Å²) in [6.45, 7) is 7.10. The lowest BCUT2D eigenvalue weighted by atomic mass is 9.69. The average molecular weight is 488 g/mol. The van der Waals surface area contributed by atoms with Crippen LogP contribution in [-0.2, 0) is 23.9 Å². The van der Waals surface area contributed by atoms with Crippen LogP contribution < -0.4 is 19.5 Å². The fraction of sp³-hybridized carbons (Fsp3) is 0.500. The summed E-state index contributed by atoms with van der Waals surface area (Å²) in [6, 6.07) is 3.33. The molecule has 0 aromatic heterocycles. The third-order valence-corrected chi connectivity index (χ3v) is 6.35. The number of nitrogens with one attached hydrogen (secondary N) is 1. The molecule has 0 bridgehead atoms. The number of benzene rings is 1. The fourth-order valence-corrected chi connectivity index (χ4v) is 4.82. The molecule has 1 aliphatic heterocycles. The first kappa shape index (κ1) is 26.1. The molecule has 0 unspecified atom stereocenters. The van der Waals surface area contributed by atoms with Crippen LogP contribution in [0.5, 0.6) is 17.2 Å². The third kappa shape index (κ3) is 4.72. The molecule has 9 nitrogen and oxygen atoms in total. The molecule has 0 fully saturated rings. The number of ketones is 1. The van der Waals surface area contributed by atoms with Crippen LogP contribution in [0.2, 0.25) is 0 Å². The van der Waals surface area contributed by atoms with Crippen molar-refractivity contribution in [3.63, 3.8) is 0 Å². The highest BCUT2D eigenvalue weighted by Crippen LogP contribution is 2.49. The van der Waals surface area contributed by atoms with E-state index in [1.165, 1.54) is 28.4 Å². The summed E-state index contributed by atoms with van der Waals surface area (Å²) < 4.78 is 27.1. The van der Waals surface area contributed by atoms with Gasteiger partial charge in [0.1, 0.15) is 11.7 Å². The molecule has 35 heavy (non-hydrogen) atoms. The van der Waals surface area contributed by atoms with Crippen molar-refractivity contribution in [2.75, 3.05) is 28.4 Å². The second kappa shape index (κ2) is 10.4. The van der Waals surface area contributed by atoms with Crippen LogP contribution in [0, 0.1) is 11.8 Å². The van der Waals surface area contributed by atoms with E-state index < -0.39 is 29.6 Å². The number of ether oxygens (including phenoxy) is 5. The topological polar surface area (TPSA) is 109 Å². The van der Waals surface area contributed by atoms with E-state index in [4.69, 9.17) is 23.7 Å². The number of esters is 2. The average Bonchev–Trinajstić information content (AvgIpc) is 2.81. The van der Waals surface area contributed by atoms with Gasteiger partial charge in [0.25, 0.3) is 0 Å². The van der Waals surface area contributed by atoms with Crippen molar-refractivity contribution in [1.29, 1.82) is 0 Å². The van der Waals surface area contributed by atoms with Crippen molar-refractivity contribution in [2.45, 2.75) is 46.1 Å². The Labute approximate surface area is 205 Å². The molecular weight excluding hydrogens is 454 g/mol. The van der Waals surface area contributed by atoms with E-state index in [0.29, 0.717) is 46.2 Å². The summed E-state index contributed by atoms with van der Waals surface area (Å²) in [4.78, 5) is 39.8. The molecule has 9 heteroatoms. The number of hydrogen-bond acceptors (Lipinski definition) is 9. The Kier molecular flexibility index (Phi) is 7.77. The number of Topliss-reactive ketones (excluding diaryl/α,β-unsaturated/α-hetero) is 1. The number of methoxy groups -OCH3 is 4. The lowest BCUT2D eigenvalue weighted by Gasteiger charge is -2.38. The molecule has 3 rings (SSSR count). The van der Waals surface area contributed by atoms with Gasteiger partial charge in [-0.2, -0.15) is 0 Å².